The Hall–Kier alpha value is -1.84. The first-order valence-electron chi connectivity index (χ1n) is 7.69. The Morgan fingerprint density at radius 2 is 1.85 bits per heavy atom. The van der Waals surface area contributed by atoms with E-state index in [1.54, 1.807) is 0 Å². The van der Waals surface area contributed by atoms with Crippen molar-refractivity contribution < 1.29 is 22.0 Å². The highest BCUT2D eigenvalue weighted by Gasteiger charge is 2.17. The summed E-state index contributed by atoms with van der Waals surface area (Å²) < 4.78 is 53.1. The maximum atomic E-state index is 13.2. The highest BCUT2D eigenvalue weighted by atomic mass is 79.9. The third kappa shape index (κ3) is 5.33. The summed E-state index contributed by atoms with van der Waals surface area (Å²) in [5.74, 6) is -2.74. The minimum Gasteiger partial charge on any atom is -0.350 e. The molecule has 26 heavy (non-hydrogen) atoms. The molecule has 140 valence electrons. The van der Waals surface area contributed by atoms with Gasteiger partial charge in [-0.3, -0.25) is 4.79 Å². The van der Waals surface area contributed by atoms with Gasteiger partial charge < -0.3 is 5.32 Å². The molecule has 0 saturated carbocycles. The molecular formula is C17H17BrF2N2O3S. The second-order valence-electron chi connectivity index (χ2n) is 5.53. The van der Waals surface area contributed by atoms with Gasteiger partial charge in [0.15, 0.2) is 11.6 Å². The van der Waals surface area contributed by atoms with Crippen LogP contribution in [0.2, 0.25) is 0 Å². The van der Waals surface area contributed by atoms with E-state index in [9.17, 15) is 22.0 Å². The lowest BCUT2D eigenvalue weighted by Gasteiger charge is -2.16. The molecule has 0 bridgehead atoms. The zero-order valence-electron chi connectivity index (χ0n) is 13.8. The van der Waals surface area contributed by atoms with Crippen LogP contribution in [0, 0.1) is 11.6 Å². The third-order valence-corrected chi connectivity index (χ3v) is 5.78. The molecule has 0 aliphatic rings. The average molecular weight is 447 g/mol. The van der Waals surface area contributed by atoms with E-state index in [-0.39, 0.29) is 24.9 Å². The molecule has 5 nitrogen and oxygen atoms in total. The Bertz CT molecular complexity index is 907. The molecule has 2 aromatic carbocycles. The lowest BCUT2D eigenvalue weighted by molar-refractivity contribution is -0.121. The van der Waals surface area contributed by atoms with Gasteiger partial charge in [0.1, 0.15) is 0 Å². The van der Waals surface area contributed by atoms with Crippen LogP contribution < -0.4 is 10.0 Å². The van der Waals surface area contributed by atoms with Crippen molar-refractivity contribution in [3.63, 3.8) is 0 Å². The maximum absolute atomic E-state index is 13.2. The van der Waals surface area contributed by atoms with Crippen LogP contribution in [-0.2, 0) is 14.8 Å². The molecule has 0 heterocycles. The van der Waals surface area contributed by atoms with Crippen molar-refractivity contribution in [2.45, 2.75) is 24.3 Å². The molecule has 0 saturated heterocycles. The van der Waals surface area contributed by atoms with Crippen LogP contribution in [0.5, 0.6) is 0 Å². The van der Waals surface area contributed by atoms with Crippen molar-refractivity contribution in [1.29, 1.82) is 0 Å². The van der Waals surface area contributed by atoms with E-state index in [4.69, 9.17) is 0 Å². The molecule has 0 radical (unpaired) electrons. The summed E-state index contributed by atoms with van der Waals surface area (Å²) in [4.78, 5) is 11.6. The topological polar surface area (TPSA) is 75.3 Å². The molecular weight excluding hydrogens is 430 g/mol. The number of carbonyl (C=O) groups is 1. The van der Waals surface area contributed by atoms with Crippen molar-refractivity contribution in [3.05, 3.63) is 64.1 Å². The zero-order valence-corrected chi connectivity index (χ0v) is 16.2. The van der Waals surface area contributed by atoms with Gasteiger partial charge >= 0.3 is 0 Å². The van der Waals surface area contributed by atoms with Gasteiger partial charge in [0.2, 0.25) is 15.9 Å². The fraction of sp³-hybridized carbons (Fsp3) is 0.235. The van der Waals surface area contributed by atoms with Gasteiger partial charge in [0.25, 0.3) is 0 Å². The summed E-state index contributed by atoms with van der Waals surface area (Å²) in [6.45, 7) is 1.64. The van der Waals surface area contributed by atoms with E-state index >= 15 is 0 Å². The minimum atomic E-state index is -4.03. The normalized spacial score (nSPS) is 12.6. The number of rotatable bonds is 7. The molecule has 2 aromatic rings. The smallest absolute Gasteiger partial charge is 0.240 e. The predicted molar refractivity (Wildman–Crippen MR) is 96.9 cm³/mol. The van der Waals surface area contributed by atoms with Gasteiger partial charge in [0.05, 0.1) is 10.9 Å². The van der Waals surface area contributed by atoms with E-state index in [0.717, 1.165) is 22.2 Å². The number of nitrogens with one attached hydrogen (secondary N) is 2. The quantitative estimate of drug-likeness (QED) is 0.685. The van der Waals surface area contributed by atoms with Crippen LogP contribution in [-0.4, -0.2) is 20.9 Å². The minimum absolute atomic E-state index is 0.0995. The molecule has 1 amide bonds. The van der Waals surface area contributed by atoms with Crippen LogP contribution in [0.25, 0.3) is 0 Å². The molecule has 2 N–H and O–H groups in total. The Morgan fingerprint density at radius 1 is 1.15 bits per heavy atom. The van der Waals surface area contributed by atoms with Crippen LogP contribution >= 0.6 is 15.9 Å². The number of benzene rings is 2. The molecule has 1 atom stereocenters. The molecule has 0 spiro atoms. The van der Waals surface area contributed by atoms with Gasteiger partial charge in [-0.15, -0.1) is 0 Å². The SMILES string of the molecule is CC(NC(=O)CCNS(=O)(=O)c1ccc(F)c(F)c1)c1ccccc1Br. The Balaban J connectivity index is 1.89. The Morgan fingerprint density at radius 3 is 2.50 bits per heavy atom. The number of sulfonamides is 1. The molecule has 9 heteroatoms. The average Bonchev–Trinajstić information content (AvgIpc) is 2.57. The lowest BCUT2D eigenvalue weighted by atomic mass is 10.1. The maximum Gasteiger partial charge on any atom is 0.240 e. The fourth-order valence-corrected chi connectivity index (χ4v) is 3.92. The Labute approximate surface area is 159 Å². The highest BCUT2D eigenvalue weighted by molar-refractivity contribution is 9.10. The zero-order chi connectivity index (χ0) is 19.3. The summed E-state index contributed by atoms with van der Waals surface area (Å²) in [7, 11) is -4.03. The number of amides is 1. The highest BCUT2D eigenvalue weighted by Crippen LogP contribution is 2.22. The summed E-state index contributed by atoms with van der Waals surface area (Å²) in [6.07, 6.45) is -0.0995. The van der Waals surface area contributed by atoms with Gasteiger partial charge in [-0.2, -0.15) is 0 Å². The van der Waals surface area contributed by atoms with Gasteiger partial charge in [-0.05, 0) is 36.8 Å². The summed E-state index contributed by atoms with van der Waals surface area (Å²) in [6, 6.07) is 9.43. The lowest BCUT2D eigenvalue weighted by Crippen LogP contribution is -2.32. The van der Waals surface area contributed by atoms with E-state index < -0.39 is 26.6 Å². The molecule has 0 fully saturated rings. The second kappa shape index (κ2) is 8.70. The number of halogens is 3. The van der Waals surface area contributed by atoms with Crippen molar-refractivity contribution in [2.24, 2.45) is 0 Å². The van der Waals surface area contributed by atoms with Crippen molar-refractivity contribution in [1.82, 2.24) is 10.0 Å². The van der Waals surface area contributed by atoms with E-state index in [0.29, 0.717) is 6.07 Å². The molecule has 0 aliphatic carbocycles. The third-order valence-electron chi connectivity index (χ3n) is 3.59. The fourth-order valence-electron chi connectivity index (χ4n) is 2.24. The monoisotopic (exact) mass is 446 g/mol. The number of hydrogen-bond donors (Lipinski definition) is 2. The van der Waals surface area contributed by atoms with E-state index in [1.165, 1.54) is 0 Å². The Kier molecular flexibility index (Phi) is 6.85. The standard InChI is InChI=1S/C17H17BrF2N2O3S/c1-11(13-4-2-3-5-14(13)18)22-17(23)8-9-21-26(24,25)12-6-7-15(19)16(20)10-12/h2-7,10-11,21H,8-9H2,1H3,(H,22,23). The van der Waals surface area contributed by atoms with Crippen molar-refractivity contribution >= 4 is 31.9 Å². The molecule has 0 aliphatic heterocycles. The summed E-state index contributed by atoms with van der Waals surface area (Å²) >= 11 is 3.40. The molecule has 0 aromatic heterocycles. The van der Waals surface area contributed by atoms with Crippen LogP contribution in [0.3, 0.4) is 0 Å². The van der Waals surface area contributed by atoms with Gasteiger partial charge in [-0.25, -0.2) is 21.9 Å². The number of hydrogen-bond acceptors (Lipinski definition) is 3. The van der Waals surface area contributed by atoms with E-state index in [1.807, 2.05) is 31.2 Å². The first-order chi connectivity index (χ1) is 12.2. The second-order valence-corrected chi connectivity index (χ2v) is 8.16. The summed E-state index contributed by atoms with van der Waals surface area (Å²) in [5, 5.41) is 2.77. The van der Waals surface area contributed by atoms with Gasteiger partial charge in [-0.1, -0.05) is 34.1 Å². The van der Waals surface area contributed by atoms with Crippen molar-refractivity contribution in [2.75, 3.05) is 6.54 Å². The van der Waals surface area contributed by atoms with E-state index in [2.05, 4.69) is 26.0 Å². The first-order valence-corrected chi connectivity index (χ1v) is 9.97. The van der Waals surface area contributed by atoms with Gasteiger partial charge in [0, 0.05) is 17.4 Å². The van der Waals surface area contributed by atoms with Crippen LogP contribution in [0.4, 0.5) is 8.78 Å². The van der Waals surface area contributed by atoms with Crippen LogP contribution in [0.1, 0.15) is 24.9 Å². The molecule has 1 unspecified atom stereocenters. The number of carbonyl (C=O) groups excluding carboxylic acids is 1. The molecule has 2 rings (SSSR count). The first kappa shape index (κ1) is 20.5. The van der Waals surface area contributed by atoms with Crippen molar-refractivity contribution in [3.8, 4) is 0 Å². The van der Waals surface area contributed by atoms with Crippen LogP contribution in [0.15, 0.2) is 51.8 Å². The predicted octanol–water partition coefficient (Wildman–Crippen LogP) is 3.27. The largest absolute Gasteiger partial charge is 0.350 e. The summed E-state index contributed by atoms with van der Waals surface area (Å²) in [5.41, 5.74) is 0.892.